The van der Waals surface area contributed by atoms with Crippen LogP contribution in [-0.2, 0) is 35.5 Å². The molecule has 10 nitrogen and oxygen atoms in total. The summed E-state index contributed by atoms with van der Waals surface area (Å²) in [6.07, 6.45) is 1.56. The van der Waals surface area contributed by atoms with Gasteiger partial charge in [0.05, 0.1) is 49.6 Å². The van der Waals surface area contributed by atoms with Gasteiger partial charge in [-0.25, -0.2) is 5.01 Å². The lowest BCUT2D eigenvalue weighted by molar-refractivity contribution is -0.130. The van der Waals surface area contributed by atoms with Crippen LogP contribution in [0, 0.1) is 0 Å². The number of para-hydroxylation sites is 1. The van der Waals surface area contributed by atoms with E-state index in [1.54, 1.807) is 30.6 Å². The summed E-state index contributed by atoms with van der Waals surface area (Å²) in [6.45, 7) is 0.811. The number of hydrazone groups is 1. The highest BCUT2D eigenvalue weighted by molar-refractivity contribution is 7.99. The van der Waals surface area contributed by atoms with Crippen molar-refractivity contribution in [3.8, 4) is 11.5 Å². The average molecular weight is 681 g/mol. The van der Waals surface area contributed by atoms with Crippen LogP contribution in [0.4, 0.5) is 0 Å². The number of methoxy groups -OCH3 is 2. The van der Waals surface area contributed by atoms with E-state index in [1.165, 1.54) is 17.3 Å². The second-order valence-electron chi connectivity index (χ2n) is 11.1. The van der Waals surface area contributed by atoms with Gasteiger partial charge in [-0.05, 0) is 35.1 Å². The van der Waals surface area contributed by atoms with Gasteiger partial charge in [0.2, 0.25) is 5.91 Å². The zero-order valence-electron chi connectivity index (χ0n) is 26.7. The number of rotatable bonds is 14. The molecule has 0 bridgehead atoms. The van der Waals surface area contributed by atoms with Gasteiger partial charge in [-0.15, -0.1) is 21.5 Å². The lowest BCUT2D eigenvalue weighted by Crippen LogP contribution is -2.29. The molecule has 12 heteroatoms. The summed E-state index contributed by atoms with van der Waals surface area (Å²) in [5, 5.41) is 20.9. The monoisotopic (exact) mass is 680 g/mol. The smallest absolute Gasteiger partial charge is 0.253 e. The van der Waals surface area contributed by atoms with Crippen LogP contribution in [0.25, 0.3) is 0 Å². The van der Waals surface area contributed by atoms with E-state index in [2.05, 4.69) is 27.6 Å². The fraction of sp³-hybridized carbons (Fsp3) is 0.250. The highest BCUT2D eigenvalue weighted by Crippen LogP contribution is 2.42. The number of carbonyl (C=O) groups excluding carboxylic acids is 2. The number of thioether (sulfide) groups is 1. The first-order valence-electron chi connectivity index (χ1n) is 15.6. The number of ether oxygens (including phenoxy) is 2. The van der Waals surface area contributed by atoms with Crippen molar-refractivity contribution in [2.24, 2.45) is 5.10 Å². The first-order valence-corrected chi connectivity index (χ1v) is 17.4. The van der Waals surface area contributed by atoms with Crippen molar-refractivity contribution in [1.29, 1.82) is 0 Å². The number of thiophene rings is 1. The first kappa shape index (κ1) is 33.0. The third kappa shape index (κ3) is 7.77. The Kier molecular flexibility index (Phi) is 10.8. The number of benzene rings is 3. The SMILES string of the molecule is COc1cccc(C2CC(c3cccs3)=NN2C(=O)CSc2nnc(CNC(=O)Cc3ccccc3)n2CCc2ccccc2)c1OC. The molecule has 0 saturated carbocycles. The molecule has 5 aromatic rings. The van der Waals surface area contributed by atoms with Gasteiger partial charge < -0.3 is 19.4 Å². The van der Waals surface area contributed by atoms with E-state index < -0.39 is 0 Å². The highest BCUT2D eigenvalue weighted by Gasteiger charge is 2.36. The molecule has 1 aliphatic rings. The standard InChI is InChI=1S/C36H36N6O4S2/c1-45-30-16-9-15-27(35(30)46-2)29-22-28(31-17-10-20-47-31)40-42(29)34(44)24-48-36-39-38-32(41(36)19-18-25-11-5-3-6-12-25)23-37-33(43)21-26-13-7-4-8-14-26/h3-17,20,29H,18-19,21-24H2,1-2H3,(H,37,43). The van der Waals surface area contributed by atoms with Crippen molar-refractivity contribution in [1.82, 2.24) is 25.1 Å². The zero-order valence-corrected chi connectivity index (χ0v) is 28.4. The van der Waals surface area contributed by atoms with Gasteiger partial charge in [0.25, 0.3) is 5.91 Å². The largest absolute Gasteiger partial charge is 0.493 e. The van der Waals surface area contributed by atoms with Gasteiger partial charge in [-0.1, -0.05) is 90.6 Å². The number of hydrogen-bond acceptors (Lipinski definition) is 9. The van der Waals surface area contributed by atoms with Crippen molar-refractivity contribution in [2.75, 3.05) is 20.0 Å². The Labute approximate surface area is 287 Å². The Bertz CT molecular complexity index is 1860. The van der Waals surface area contributed by atoms with E-state index in [0.717, 1.165) is 28.1 Å². The molecule has 2 aromatic heterocycles. The lowest BCUT2D eigenvalue weighted by Gasteiger charge is -2.24. The summed E-state index contributed by atoms with van der Waals surface area (Å²) >= 11 is 2.90. The number of aryl methyl sites for hydroxylation is 1. The molecular formula is C36H36N6O4S2. The zero-order chi connectivity index (χ0) is 33.3. The molecule has 1 unspecified atom stereocenters. The molecule has 0 spiro atoms. The minimum absolute atomic E-state index is 0.0911. The minimum Gasteiger partial charge on any atom is -0.493 e. The van der Waals surface area contributed by atoms with Crippen molar-refractivity contribution in [3.63, 3.8) is 0 Å². The van der Waals surface area contributed by atoms with Gasteiger partial charge in [0.1, 0.15) is 0 Å². The van der Waals surface area contributed by atoms with Crippen molar-refractivity contribution in [2.45, 2.75) is 43.6 Å². The summed E-state index contributed by atoms with van der Waals surface area (Å²) in [5.74, 6) is 1.62. The maximum Gasteiger partial charge on any atom is 0.253 e. The fourth-order valence-corrected chi connectivity index (χ4v) is 7.19. The maximum atomic E-state index is 14.0. The molecular weight excluding hydrogens is 645 g/mol. The Morgan fingerprint density at radius 1 is 0.917 bits per heavy atom. The molecule has 1 N–H and O–H groups in total. The Hall–Kier alpha value is -4.94. The Balaban J connectivity index is 1.21. The molecule has 6 rings (SSSR count). The van der Waals surface area contributed by atoms with Gasteiger partial charge in [-0.2, -0.15) is 5.10 Å². The van der Waals surface area contributed by atoms with Gasteiger partial charge in [0.15, 0.2) is 22.5 Å². The third-order valence-corrected chi connectivity index (χ3v) is 9.87. The Morgan fingerprint density at radius 3 is 2.40 bits per heavy atom. The van der Waals surface area contributed by atoms with Crippen molar-refractivity contribution >= 4 is 40.6 Å². The summed E-state index contributed by atoms with van der Waals surface area (Å²) < 4.78 is 13.3. The van der Waals surface area contributed by atoms with Crippen LogP contribution in [0.5, 0.6) is 11.5 Å². The molecule has 2 amide bonds. The highest BCUT2D eigenvalue weighted by atomic mass is 32.2. The number of carbonyl (C=O) groups is 2. The molecule has 1 aliphatic heterocycles. The molecule has 0 fully saturated rings. The predicted molar refractivity (Wildman–Crippen MR) is 187 cm³/mol. The van der Waals surface area contributed by atoms with Crippen LogP contribution in [0.3, 0.4) is 0 Å². The van der Waals surface area contributed by atoms with E-state index in [1.807, 2.05) is 88.8 Å². The Morgan fingerprint density at radius 2 is 1.69 bits per heavy atom. The van der Waals surface area contributed by atoms with Crippen LogP contribution < -0.4 is 14.8 Å². The van der Waals surface area contributed by atoms with Crippen LogP contribution in [0.15, 0.2) is 107 Å². The lowest BCUT2D eigenvalue weighted by atomic mass is 9.99. The van der Waals surface area contributed by atoms with Gasteiger partial charge in [0, 0.05) is 18.5 Å². The fourth-order valence-electron chi connectivity index (χ4n) is 5.63. The molecule has 0 aliphatic carbocycles. The summed E-state index contributed by atoms with van der Waals surface area (Å²) in [7, 11) is 3.20. The second kappa shape index (κ2) is 15.8. The molecule has 1 atom stereocenters. The molecule has 246 valence electrons. The minimum atomic E-state index is -0.369. The van der Waals surface area contributed by atoms with Gasteiger partial charge in [-0.3, -0.25) is 9.59 Å². The topological polar surface area (TPSA) is 111 Å². The molecule has 0 radical (unpaired) electrons. The van der Waals surface area contributed by atoms with Crippen molar-refractivity contribution < 1.29 is 19.1 Å². The first-order chi connectivity index (χ1) is 23.5. The van der Waals surface area contributed by atoms with E-state index in [9.17, 15) is 9.59 Å². The average Bonchev–Trinajstić information content (AvgIpc) is 3.90. The quantitative estimate of drug-likeness (QED) is 0.145. The van der Waals surface area contributed by atoms with E-state index in [-0.39, 0.29) is 36.6 Å². The van der Waals surface area contributed by atoms with Crippen LogP contribution in [0.1, 0.15) is 39.9 Å². The van der Waals surface area contributed by atoms with Crippen LogP contribution in [-0.4, -0.2) is 57.3 Å². The molecule has 0 saturated heterocycles. The number of hydrogen-bond donors (Lipinski definition) is 1. The van der Waals surface area contributed by atoms with Gasteiger partial charge >= 0.3 is 0 Å². The van der Waals surface area contributed by atoms with E-state index in [0.29, 0.717) is 35.4 Å². The summed E-state index contributed by atoms with van der Waals surface area (Å²) in [4.78, 5) is 27.7. The molecule has 3 heterocycles. The number of aromatic nitrogens is 3. The third-order valence-electron chi connectivity index (χ3n) is 8.00. The second-order valence-corrected chi connectivity index (χ2v) is 13.0. The molecule has 48 heavy (non-hydrogen) atoms. The maximum absolute atomic E-state index is 14.0. The number of nitrogens with zero attached hydrogens (tertiary/aromatic N) is 5. The molecule has 3 aromatic carbocycles. The van der Waals surface area contributed by atoms with Crippen molar-refractivity contribution in [3.05, 3.63) is 124 Å². The summed E-state index contributed by atoms with van der Waals surface area (Å²) in [6, 6.07) is 29.1. The number of nitrogens with one attached hydrogen (secondary N) is 1. The predicted octanol–water partition coefficient (Wildman–Crippen LogP) is 5.93. The number of amides is 2. The normalized spacial score (nSPS) is 14.1. The summed E-state index contributed by atoms with van der Waals surface area (Å²) in [5.41, 5.74) is 3.77. The van der Waals surface area contributed by atoms with Crippen LogP contribution in [0.2, 0.25) is 0 Å². The van der Waals surface area contributed by atoms with E-state index >= 15 is 0 Å². The van der Waals surface area contributed by atoms with E-state index in [4.69, 9.17) is 14.6 Å². The van der Waals surface area contributed by atoms with Crippen LogP contribution >= 0.6 is 23.1 Å².